The molecule has 1 rings (SSSR count). The Morgan fingerprint density at radius 2 is 1.81 bits per heavy atom. The molecular formula is C16H26BrNO3. The van der Waals surface area contributed by atoms with Gasteiger partial charge in [0, 0.05) is 17.1 Å². The van der Waals surface area contributed by atoms with Gasteiger partial charge in [0.15, 0.2) is 0 Å². The molecule has 0 aromatic heterocycles. The number of benzene rings is 1. The molecule has 21 heavy (non-hydrogen) atoms. The van der Waals surface area contributed by atoms with Gasteiger partial charge in [0.05, 0.1) is 32.0 Å². The van der Waals surface area contributed by atoms with Crippen LogP contribution >= 0.6 is 15.9 Å². The molecule has 120 valence electrons. The maximum Gasteiger partial charge on any atom is 0.0897 e. The number of ether oxygens (including phenoxy) is 2. The van der Waals surface area contributed by atoms with E-state index in [2.05, 4.69) is 40.3 Å². The first-order valence-electron chi connectivity index (χ1n) is 7.35. The zero-order valence-corrected chi connectivity index (χ0v) is 14.6. The first-order chi connectivity index (χ1) is 9.99. The van der Waals surface area contributed by atoms with Gasteiger partial charge in [-0.3, -0.25) is 0 Å². The van der Waals surface area contributed by atoms with Crippen molar-refractivity contribution in [3.05, 3.63) is 34.3 Å². The van der Waals surface area contributed by atoms with Crippen molar-refractivity contribution < 1.29 is 14.6 Å². The number of rotatable bonds is 10. The lowest BCUT2D eigenvalue weighted by atomic mass is 10.1. The fourth-order valence-electron chi connectivity index (χ4n) is 1.80. The maximum absolute atomic E-state index is 9.86. The second-order valence-electron chi connectivity index (χ2n) is 5.33. The van der Waals surface area contributed by atoms with E-state index >= 15 is 0 Å². The van der Waals surface area contributed by atoms with Crippen LogP contribution in [0.4, 0.5) is 0 Å². The van der Waals surface area contributed by atoms with Crippen molar-refractivity contribution in [2.24, 2.45) is 0 Å². The Balaban J connectivity index is 2.14. The Morgan fingerprint density at radius 1 is 1.14 bits per heavy atom. The first kappa shape index (κ1) is 18.6. The summed E-state index contributed by atoms with van der Waals surface area (Å²) >= 11 is 3.42. The Hall–Kier alpha value is -0.460. The molecule has 0 amide bonds. The lowest BCUT2D eigenvalue weighted by Gasteiger charge is -2.18. The van der Waals surface area contributed by atoms with Gasteiger partial charge in [-0.25, -0.2) is 0 Å². The first-order valence-corrected chi connectivity index (χ1v) is 8.14. The van der Waals surface area contributed by atoms with Crippen molar-refractivity contribution in [2.75, 3.05) is 26.4 Å². The molecule has 1 aromatic rings. The molecule has 0 bridgehead atoms. The van der Waals surface area contributed by atoms with Crippen molar-refractivity contribution >= 4 is 15.9 Å². The molecule has 2 unspecified atom stereocenters. The van der Waals surface area contributed by atoms with Crippen molar-refractivity contribution in [2.45, 2.75) is 39.0 Å². The van der Waals surface area contributed by atoms with Crippen LogP contribution in [0.5, 0.6) is 0 Å². The van der Waals surface area contributed by atoms with Crippen LogP contribution in [0.15, 0.2) is 28.7 Å². The summed E-state index contributed by atoms with van der Waals surface area (Å²) in [6.45, 7) is 7.95. The molecule has 5 heteroatoms. The van der Waals surface area contributed by atoms with Gasteiger partial charge in [-0.05, 0) is 38.5 Å². The Kier molecular flexibility index (Phi) is 9.11. The summed E-state index contributed by atoms with van der Waals surface area (Å²) in [5, 5.41) is 13.2. The summed E-state index contributed by atoms with van der Waals surface area (Å²) in [5.41, 5.74) is 1.19. The van der Waals surface area contributed by atoms with Crippen LogP contribution < -0.4 is 5.32 Å². The molecule has 0 aliphatic carbocycles. The lowest BCUT2D eigenvalue weighted by molar-refractivity contribution is -0.0104. The Labute approximate surface area is 136 Å². The van der Waals surface area contributed by atoms with Gasteiger partial charge in [0.25, 0.3) is 0 Å². The number of nitrogens with one attached hydrogen (secondary N) is 1. The molecule has 0 saturated carbocycles. The third kappa shape index (κ3) is 8.53. The predicted molar refractivity (Wildman–Crippen MR) is 88.5 cm³/mol. The van der Waals surface area contributed by atoms with Crippen LogP contribution in [0.2, 0.25) is 0 Å². The van der Waals surface area contributed by atoms with Crippen LogP contribution in [-0.4, -0.2) is 43.7 Å². The van der Waals surface area contributed by atoms with Crippen LogP contribution in [0.25, 0.3) is 0 Å². The van der Waals surface area contributed by atoms with Crippen molar-refractivity contribution in [3.63, 3.8) is 0 Å². The van der Waals surface area contributed by atoms with E-state index in [9.17, 15) is 5.11 Å². The highest BCUT2D eigenvalue weighted by Gasteiger charge is 2.09. The van der Waals surface area contributed by atoms with Gasteiger partial charge in [-0.2, -0.15) is 0 Å². The second kappa shape index (κ2) is 10.3. The number of halogens is 1. The lowest BCUT2D eigenvalue weighted by Crippen LogP contribution is -2.32. The highest BCUT2D eigenvalue weighted by molar-refractivity contribution is 9.10. The molecule has 2 N–H and O–H groups in total. The fourth-order valence-corrected chi connectivity index (χ4v) is 2.07. The number of hydrogen-bond donors (Lipinski definition) is 2. The van der Waals surface area contributed by atoms with E-state index < -0.39 is 6.10 Å². The van der Waals surface area contributed by atoms with E-state index in [0.29, 0.717) is 26.4 Å². The normalized spacial score (nSPS) is 14.4. The third-order valence-electron chi connectivity index (χ3n) is 3.02. The van der Waals surface area contributed by atoms with Crippen LogP contribution in [0.1, 0.15) is 32.4 Å². The number of aliphatic hydroxyl groups is 1. The average molecular weight is 360 g/mol. The van der Waals surface area contributed by atoms with Crippen molar-refractivity contribution in [3.8, 4) is 0 Å². The Bertz CT molecular complexity index is 384. The van der Waals surface area contributed by atoms with Crippen molar-refractivity contribution in [1.29, 1.82) is 0 Å². The van der Waals surface area contributed by atoms with E-state index in [1.165, 1.54) is 5.56 Å². The van der Waals surface area contributed by atoms with E-state index in [1.54, 1.807) is 0 Å². The molecule has 0 fully saturated rings. The summed E-state index contributed by atoms with van der Waals surface area (Å²) in [4.78, 5) is 0. The average Bonchev–Trinajstić information content (AvgIpc) is 2.44. The molecule has 0 aliphatic rings. The standard InChI is InChI=1S/C16H26BrNO3/c1-12(2)21-9-8-20-11-16(19)10-18-13(3)14-4-6-15(17)7-5-14/h4-7,12-13,16,18-19H,8-11H2,1-3H3. The Morgan fingerprint density at radius 3 is 2.43 bits per heavy atom. The minimum atomic E-state index is -0.512. The monoisotopic (exact) mass is 359 g/mol. The zero-order chi connectivity index (χ0) is 15.7. The number of aliphatic hydroxyl groups excluding tert-OH is 1. The van der Waals surface area contributed by atoms with E-state index in [1.807, 2.05) is 26.0 Å². The molecule has 0 radical (unpaired) electrons. The van der Waals surface area contributed by atoms with Crippen LogP contribution in [0, 0.1) is 0 Å². The highest BCUT2D eigenvalue weighted by atomic mass is 79.9. The highest BCUT2D eigenvalue weighted by Crippen LogP contribution is 2.16. The largest absolute Gasteiger partial charge is 0.389 e. The molecule has 0 saturated heterocycles. The molecule has 0 spiro atoms. The topological polar surface area (TPSA) is 50.7 Å². The molecule has 0 aliphatic heterocycles. The summed E-state index contributed by atoms with van der Waals surface area (Å²) in [5.74, 6) is 0. The van der Waals surface area contributed by atoms with Crippen molar-refractivity contribution in [1.82, 2.24) is 5.32 Å². The van der Waals surface area contributed by atoms with Gasteiger partial charge in [0.2, 0.25) is 0 Å². The molecule has 4 nitrogen and oxygen atoms in total. The molecule has 2 atom stereocenters. The summed E-state index contributed by atoms with van der Waals surface area (Å²) in [6, 6.07) is 8.35. The maximum atomic E-state index is 9.86. The van der Waals surface area contributed by atoms with E-state index in [0.717, 1.165) is 4.47 Å². The number of hydrogen-bond acceptors (Lipinski definition) is 4. The summed E-state index contributed by atoms with van der Waals surface area (Å²) in [7, 11) is 0. The van der Waals surface area contributed by atoms with Gasteiger partial charge >= 0.3 is 0 Å². The van der Waals surface area contributed by atoms with Crippen LogP contribution in [-0.2, 0) is 9.47 Å². The zero-order valence-electron chi connectivity index (χ0n) is 13.0. The fraction of sp³-hybridized carbons (Fsp3) is 0.625. The smallest absolute Gasteiger partial charge is 0.0897 e. The molecular weight excluding hydrogens is 334 g/mol. The van der Waals surface area contributed by atoms with Gasteiger partial charge in [-0.15, -0.1) is 0 Å². The SMILES string of the molecule is CC(C)OCCOCC(O)CNC(C)c1ccc(Br)cc1. The summed E-state index contributed by atoms with van der Waals surface area (Å²) in [6.07, 6.45) is -0.297. The van der Waals surface area contributed by atoms with Crippen LogP contribution in [0.3, 0.4) is 0 Å². The van der Waals surface area contributed by atoms with Gasteiger partial charge < -0.3 is 19.9 Å². The minimum Gasteiger partial charge on any atom is -0.389 e. The minimum absolute atomic E-state index is 0.192. The third-order valence-corrected chi connectivity index (χ3v) is 3.55. The molecule has 0 heterocycles. The van der Waals surface area contributed by atoms with Gasteiger partial charge in [-0.1, -0.05) is 28.1 Å². The predicted octanol–water partition coefficient (Wildman–Crippen LogP) is 2.90. The quantitative estimate of drug-likeness (QED) is 0.630. The molecule has 1 aromatic carbocycles. The van der Waals surface area contributed by atoms with Gasteiger partial charge in [0.1, 0.15) is 0 Å². The van der Waals surface area contributed by atoms with E-state index in [4.69, 9.17) is 9.47 Å². The second-order valence-corrected chi connectivity index (χ2v) is 6.25. The summed E-state index contributed by atoms with van der Waals surface area (Å²) < 4.78 is 11.8. The van der Waals surface area contributed by atoms with E-state index in [-0.39, 0.29) is 12.1 Å².